The number of benzene rings is 1. The maximum atomic E-state index is 12.1. The SMILES string of the molecule is Cc1ccc(OCCc2nnc(NC(=O)Cn3ccnc3C)s2)cc1C. The molecule has 0 atom stereocenters. The molecular weight excluding hydrogens is 350 g/mol. The Kier molecular flexibility index (Phi) is 5.62. The molecule has 26 heavy (non-hydrogen) atoms. The van der Waals surface area contributed by atoms with Crippen LogP contribution in [-0.4, -0.2) is 32.3 Å². The Bertz CT molecular complexity index is 903. The van der Waals surface area contributed by atoms with E-state index in [0.29, 0.717) is 18.2 Å². The molecule has 0 aliphatic carbocycles. The summed E-state index contributed by atoms with van der Waals surface area (Å²) in [4.78, 5) is 16.1. The van der Waals surface area contributed by atoms with Crippen molar-refractivity contribution in [2.24, 2.45) is 0 Å². The van der Waals surface area contributed by atoms with Crippen molar-refractivity contribution in [3.63, 3.8) is 0 Å². The van der Waals surface area contributed by atoms with Gasteiger partial charge in [0.2, 0.25) is 11.0 Å². The molecule has 7 nitrogen and oxygen atoms in total. The first-order chi connectivity index (χ1) is 12.5. The smallest absolute Gasteiger partial charge is 0.246 e. The summed E-state index contributed by atoms with van der Waals surface area (Å²) in [5, 5.41) is 12.2. The Morgan fingerprint density at radius 1 is 1.23 bits per heavy atom. The van der Waals surface area contributed by atoms with Crippen LogP contribution in [0, 0.1) is 20.8 Å². The zero-order valence-electron chi connectivity index (χ0n) is 15.0. The summed E-state index contributed by atoms with van der Waals surface area (Å²) in [5.41, 5.74) is 2.45. The molecule has 3 rings (SSSR count). The average Bonchev–Trinajstić information content (AvgIpc) is 3.20. The zero-order chi connectivity index (χ0) is 18.5. The van der Waals surface area contributed by atoms with Crippen LogP contribution < -0.4 is 10.1 Å². The van der Waals surface area contributed by atoms with Gasteiger partial charge in [0, 0.05) is 18.8 Å². The largest absolute Gasteiger partial charge is 0.493 e. The quantitative estimate of drug-likeness (QED) is 0.690. The van der Waals surface area contributed by atoms with Crippen molar-refractivity contribution in [3.05, 3.63) is 52.6 Å². The van der Waals surface area contributed by atoms with Crippen molar-refractivity contribution in [1.82, 2.24) is 19.7 Å². The first-order valence-corrected chi connectivity index (χ1v) is 9.13. The van der Waals surface area contributed by atoms with E-state index in [-0.39, 0.29) is 12.5 Å². The molecule has 0 aliphatic heterocycles. The second-order valence-corrected chi connectivity index (χ2v) is 7.06. The second-order valence-electron chi connectivity index (χ2n) is 6.00. The number of aryl methyl sites for hydroxylation is 3. The van der Waals surface area contributed by atoms with E-state index in [1.807, 2.05) is 25.1 Å². The number of imidazole rings is 1. The second kappa shape index (κ2) is 8.09. The van der Waals surface area contributed by atoms with Crippen LogP contribution in [0.1, 0.15) is 22.0 Å². The zero-order valence-corrected chi connectivity index (χ0v) is 15.8. The first-order valence-electron chi connectivity index (χ1n) is 8.31. The summed E-state index contributed by atoms with van der Waals surface area (Å²) in [6.07, 6.45) is 4.08. The van der Waals surface area contributed by atoms with Gasteiger partial charge in [0.15, 0.2) is 0 Å². The first kappa shape index (κ1) is 18.1. The van der Waals surface area contributed by atoms with Crippen molar-refractivity contribution in [3.8, 4) is 5.75 Å². The standard InChI is InChI=1S/C18H21N5O2S/c1-12-4-5-15(10-13(12)2)25-9-6-17-21-22-18(26-17)20-16(24)11-23-8-7-19-14(23)3/h4-5,7-8,10H,6,9,11H2,1-3H3,(H,20,22,24). The molecule has 2 heterocycles. The molecular formula is C18H21N5O2S. The van der Waals surface area contributed by atoms with Crippen LogP contribution in [0.4, 0.5) is 5.13 Å². The summed E-state index contributed by atoms with van der Waals surface area (Å²) >= 11 is 1.36. The number of amides is 1. The van der Waals surface area contributed by atoms with Gasteiger partial charge in [0.05, 0.1) is 6.61 Å². The van der Waals surface area contributed by atoms with Gasteiger partial charge in [0.25, 0.3) is 0 Å². The minimum atomic E-state index is -0.153. The molecule has 0 spiro atoms. The molecule has 1 aromatic carbocycles. The fourth-order valence-electron chi connectivity index (χ4n) is 2.35. The Morgan fingerprint density at radius 2 is 2.08 bits per heavy atom. The lowest BCUT2D eigenvalue weighted by Gasteiger charge is -2.07. The highest BCUT2D eigenvalue weighted by Gasteiger charge is 2.10. The molecule has 0 aliphatic rings. The number of carbonyl (C=O) groups is 1. The Balaban J connectivity index is 1.47. The minimum Gasteiger partial charge on any atom is -0.493 e. The number of anilines is 1. The Hall–Kier alpha value is -2.74. The third-order valence-electron chi connectivity index (χ3n) is 4.01. The van der Waals surface area contributed by atoms with Crippen molar-refractivity contribution in [2.75, 3.05) is 11.9 Å². The molecule has 0 unspecified atom stereocenters. The van der Waals surface area contributed by atoms with Crippen LogP contribution in [0.15, 0.2) is 30.6 Å². The molecule has 2 aromatic heterocycles. The van der Waals surface area contributed by atoms with Gasteiger partial charge in [-0.15, -0.1) is 10.2 Å². The number of hydrogen-bond acceptors (Lipinski definition) is 6. The Morgan fingerprint density at radius 3 is 2.81 bits per heavy atom. The maximum Gasteiger partial charge on any atom is 0.246 e. The summed E-state index contributed by atoms with van der Waals surface area (Å²) in [6, 6.07) is 6.04. The van der Waals surface area contributed by atoms with E-state index in [0.717, 1.165) is 16.6 Å². The van der Waals surface area contributed by atoms with Crippen LogP contribution in [-0.2, 0) is 17.8 Å². The lowest BCUT2D eigenvalue weighted by molar-refractivity contribution is -0.116. The number of nitrogens with zero attached hydrogens (tertiary/aromatic N) is 4. The van der Waals surface area contributed by atoms with Crippen LogP contribution in [0.25, 0.3) is 0 Å². The molecule has 0 saturated carbocycles. The summed E-state index contributed by atoms with van der Waals surface area (Å²) < 4.78 is 7.53. The summed E-state index contributed by atoms with van der Waals surface area (Å²) in [6.45, 7) is 6.71. The molecule has 8 heteroatoms. The van der Waals surface area contributed by atoms with Crippen LogP contribution in [0.3, 0.4) is 0 Å². The van der Waals surface area contributed by atoms with Crippen molar-refractivity contribution in [2.45, 2.75) is 33.7 Å². The maximum absolute atomic E-state index is 12.1. The van der Waals surface area contributed by atoms with Gasteiger partial charge in [-0.1, -0.05) is 17.4 Å². The fourth-order valence-corrected chi connectivity index (χ4v) is 3.09. The van der Waals surface area contributed by atoms with E-state index >= 15 is 0 Å². The van der Waals surface area contributed by atoms with E-state index in [1.54, 1.807) is 17.0 Å². The monoisotopic (exact) mass is 371 g/mol. The van der Waals surface area contributed by atoms with Gasteiger partial charge in [-0.05, 0) is 44.0 Å². The number of rotatable bonds is 7. The van der Waals surface area contributed by atoms with E-state index in [4.69, 9.17) is 4.74 Å². The predicted octanol–water partition coefficient (Wildman–Crippen LogP) is 2.92. The highest BCUT2D eigenvalue weighted by molar-refractivity contribution is 7.15. The summed E-state index contributed by atoms with van der Waals surface area (Å²) in [7, 11) is 0. The van der Waals surface area contributed by atoms with Gasteiger partial charge in [-0.2, -0.15) is 0 Å². The fraction of sp³-hybridized carbons (Fsp3) is 0.333. The molecule has 0 radical (unpaired) electrons. The van der Waals surface area contributed by atoms with Gasteiger partial charge in [0.1, 0.15) is 23.1 Å². The van der Waals surface area contributed by atoms with Crippen molar-refractivity contribution >= 4 is 22.4 Å². The predicted molar refractivity (Wildman–Crippen MR) is 101 cm³/mol. The van der Waals surface area contributed by atoms with E-state index in [1.165, 1.54) is 22.5 Å². The Labute approximate surface area is 156 Å². The number of aromatic nitrogens is 4. The van der Waals surface area contributed by atoms with E-state index in [9.17, 15) is 4.79 Å². The third-order valence-corrected chi connectivity index (χ3v) is 4.91. The highest BCUT2D eigenvalue weighted by atomic mass is 32.1. The van der Waals surface area contributed by atoms with Crippen LogP contribution in [0.2, 0.25) is 0 Å². The average molecular weight is 371 g/mol. The molecule has 1 N–H and O–H groups in total. The lowest BCUT2D eigenvalue weighted by Crippen LogP contribution is -2.18. The third kappa shape index (κ3) is 4.66. The lowest BCUT2D eigenvalue weighted by atomic mass is 10.1. The molecule has 1 amide bonds. The summed E-state index contributed by atoms with van der Waals surface area (Å²) in [5.74, 6) is 1.49. The number of ether oxygens (including phenoxy) is 1. The van der Waals surface area contributed by atoms with Crippen molar-refractivity contribution < 1.29 is 9.53 Å². The van der Waals surface area contributed by atoms with E-state index in [2.05, 4.69) is 34.3 Å². The molecule has 0 fully saturated rings. The van der Waals surface area contributed by atoms with Crippen LogP contribution >= 0.6 is 11.3 Å². The normalized spacial score (nSPS) is 10.7. The van der Waals surface area contributed by atoms with Gasteiger partial charge in [-0.3, -0.25) is 10.1 Å². The number of hydrogen-bond donors (Lipinski definition) is 1. The van der Waals surface area contributed by atoms with Gasteiger partial charge < -0.3 is 9.30 Å². The van der Waals surface area contributed by atoms with Gasteiger partial charge in [-0.25, -0.2) is 4.98 Å². The van der Waals surface area contributed by atoms with Gasteiger partial charge >= 0.3 is 0 Å². The topological polar surface area (TPSA) is 81.9 Å². The number of carbonyl (C=O) groups excluding carboxylic acids is 1. The van der Waals surface area contributed by atoms with Crippen molar-refractivity contribution in [1.29, 1.82) is 0 Å². The van der Waals surface area contributed by atoms with Crippen LogP contribution in [0.5, 0.6) is 5.75 Å². The molecule has 0 saturated heterocycles. The molecule has 3 aromatic rings. The minimum absolute atomic E-state index is 0.153. The number of nitrogens with one attached hydrogen (secondary N) is 1. The molecule has 0 bridgehead atoms. The highest BCUT2D eigenvalue weighted by Crippen LogP contribution is 2.18. The molecule has 136 valence electrons. The van der Waals surface area contributed by atoms with E-state index < -0.39 is 0 Å².